The van der Waals surface area contributed by atoms with Crippen LogP contribution in [0.25, 0.3) is 0 Å². The van der Waals surface area contributed by atoms with Crippen LogP contribution in [0.2, 0.25) is 0 Å². The van der Waals surface area contributed by atoms with Gasteiger partial charge in [0.15, 0.2) is 0 Å². The van der Waals surface area contributed by atoms with Crippen LogP contribution in [0, 0.1) is 0 Å². The van der Waals surface area contributed by atoms with Crippen LogP contribution in [0.4, 0.5) is 0 Å². The molecule has 0 spiro atoms. The van der Waals surface area contributed by atoms with E-state index in [0.29, 0.717) is 0 Å². The number of thiophene rings is 1. The standard InChI is InChI=1S/C15H20N2S/c1-12(16)15(14-9-6-10-18-14)17(2)11-13-7-4-3-5-8-13/h3-10,12,15H,11,16H2,1-2H3. The molecule has 0 bridgehead atoms. The van der Waals surface area contributed by atoms with Gasteiger partial charge in [0.1, 0.15) is 0 Å². The Labute approximate surface area is 113 Å². The average Bonchev–Trinajstić information content (AvgIpc) is 2.83. The summed E-state index contributed by atoms with van der Waals surface area (Å²) in [6, 6.07) is 15.2. The molecule has 0 saturated heterocycles. The molecule has 0 amide bonds. The Kier molecular flexibility index (Phi) is 4.53. The van der Waals surface area contributed by atoms with E-state index in [1.807, 2.05) is 6.07 Å². The van der Waals surface area contributed by atoms with Gasteiger partial charge in [0.05, 0.1) is 6.04 Å². The van der Waals surface area contributed by atoms with E-state index >= 15 is 0 Å². The second-order valence-electron chi connectivity index (χ2n) is 4.72. The number of likely N-dealkylation sites (N-methyl/N-ethyl adjacent to an activating group) is 1. The summed E-state index contributed by atoms with van der Waals surface area (Å²) >= 11 is 1.78. The highest BCUT2D eigenvalue weighted by Crippen LogP contribution is 2.27. The fraction of sp³-hybridized carbons (Fsp3) is 0.333. The fourth-order valence-corrected chi connectivity index (χ4v) is 3.31. The molecule has 0 radical (unpaired) electrons. The van der Waals surface area contributed by atoms with Gasteiger partial charge in [-0.2, -0.15) is 0 Å². The van der Waals surface area contributed by atoms with Crippen molar-refractivity contribution in [2.45, 2.75) is 25.6 Å². The molecule has 3 heteroatoms. The molecular weight excluding hydrogens is 240 g/mol. The van der Waals surface area contributed by atoms with Crippen molar-refractivity contribution in [1.29, 1.82) is 0 Å². The van der Waals surface area contributed by atoms with Crippen molar-refractivity contribution in [3.8, 4) is 0 Å². The van der Waals surface area contributed by atoms with Gasteiger partial charge in [-0.1, -0.05) is 36.4 Å². The summed E-state index contributed by atoms with van der Waals surface area (Å²) in [5.41, 5.74) is 7.47. The number of rotatable bonds is 5. The number of nitrogens with zero attached hydrogens (tertiary/aromatic N) is 1. The lowest BCUT2D eigenvalue weighted by Crippen LogP contribution is -2.36. The van der Waals surface area contributed by atoms with E-state index in [9.17, 15) is 0 Å². The Hall–Kier alpha value is -1.16. The van der Waals surface area contributed by atoms with Crippen molar-refractivity contribution < 1.29 is 0 Å². The van der Waals surface area contributed by atoms with Gasteiger partial charge >= 0.3 is 0 Å². The van der Waals surface area contributed by atoms with E-state index in [1.54, 1.807) is 11.3 Å². The van der Waals surface area contributed by atoms with Gasteiger partial charge in [0.2, 0.25) is 0 Å². The van der Waals surface area contributed by atoms with Crippen LogP contribution >= 0.6 is 11.3 Å². The van der Waals surface area contributed by atoms with E-state index < -0.39 is 0 Å². The highest BCUT2D eigenvalue weighted by Gasteiger charge is 2.21. The van der Waals surface area contributed by atoms with E-state index in [-0.39, 0.29) is 12.1 Å². The van der Waals surface area contributed by atoms with Gasteiger partial charge in [-0.05, 0) is 31.0 Å². The summed E-state index contributed by atoms with van der Waals surface area (Å²) in [7, 11) is 2.14. The van der Waals surface area contributed by atoms with Crippen LogP contribution in [0.1, 0.15) is 23.4 Å². The molecule has 1 aromatic carbocycles. The summed E-state index contributed by atoms with van der Waals surface area (Å²) in [4.78, 5) is 3.66. The molecule has 96 valence electrons. The molecule has 2 N–H and O–H groups in total. The predicted octanol–water partition coefficient (Wildman–Crippen LogP) is 3.27. The zero-order chi connectivity index (χ0) is 13.0. The van der Waals surface area contributed by atoms with E-state index in [4.69, 9.17) is 5.73 Å². The lowest BCUT2D eigenvalue weighted by atomic mass is 10.1. The van der Waals surface area contributed by atoms with Crippen molar-refractivity contribution >= 4 is 11.3 Å². The van der Waals surface area contributed by atoms with E-state index in [2.05, 4.69) is 60.6 Å². The van der Waals surface area contributed by atoms with Gasteiger partial charge in [0.25, 0.3) is 0 Å². The Bertz CT molecular complexity index is 451. The third kappa shape index (κ3) is 3.19. The summed E-state index contributed by atoms with van der Waals surface area (Å²) in [5.74, 6) is 0. The molecule has 2 nitrogen and oxygen atoms in total. The number of hydrogen-bond donors (Lipinski definition) is 1. The van der Waals surface area contributed by atoms with Crippen LogP contribution in [0.5, 0.6) is 0 Å². The molecule has 2 unspecified atom stereocenters. The van der Waals surface area contributed by atoms with Crippen molar-refractivity contribution in [1.82, 2.24) is 4.90 Å². The Morgan fingerprint density at radius 2 is 1.89 bits per heavy atom. The van der Waals surface area contributed by atoms with Crippen molar-refractivity contribution in [3.05, 3.63) is 58.3 Å². The molecule has 2 atom stereocenters. The topological polar surface area (TPSA) is 29.3 Å². The summed E-state index contributed by atoms with van der Waals surface area (Å²) < 4.78 is 0. The first kappa shape index (κ1) is 13.3. The minimum atomic E-state index is 0.123. The molecule has 1 heterocycles. The molecule has 0 aliphatic heterocycles. The maximum absolute atomic E-state index is 6.15. The lowest BCUT2D eigenvalue weighted by Gasteiger charge is -2.30. The first-order valence-corrected chi connectivity index (χ1v) is 7.09. The van der Waals surface area contributed by atoms with Crippen molar-refractivity contribution in [3.63, 3.8) is 0 Å². The van der Waals surface area contributed by atoms with E-state index in [1.165, 1.54) is 10.4 Å². The molecular formula is C15H20N2S. The maximum atomic E-state index is 6.15. The minimum absolute atomic E-state index is 0.123. The van der Waals surface area contributed by atoms with Crippen LogP contribution in [0.3, 0.4) is 0 Å². The predicted molar refractivity (Wildman–Crippen MR) is 78.6 cm³/mol. The zero-order valence-electron chi connectivity index (χ0n) is 10.9. The molecule has 18 heavy (non-hydrogen) atoms. The van der Waals surface area contributed by atoms with Gasteiger partial charge in [-0.25, -0.2) is 0 Å². The summed E-state index contributed by atoms with van der Waals surface area (Å²) in [6.07, 6.45) is 0. The van der Waals surface area contributed by atoms with Gasteiger partial charge in [-0.15, -0.1) is 11.3 Å². The quantitative estimate of drug-likeness (QED) is 0.894. The third-order valence-corrected chi connectivity index (χ3v) is 4.03. The second kappa shape index (κ2) is 6.14. The SMILES string of the molecule is CC(N)C(c1cccs1)N(C)Cc1ccccc1. The highest BCUT2D eigenvalue weighted by atomic mass is 32.1. The Morgan fingerprint density at radius 3 is 2.44 bits per heavy atom. The first-order valence-electron chi connectivity index (χ1n) is 6.21. The van der Waals surface area contributed by atoms with Gasteiger partial charge in [-0.3, -0.25) is 4.90 Å². The number of benzene rings is 1. The van der Waals surface area contributed by atoms with Gasteiger partial charge < -0.3 is 5.73 Å². The first-order chi connectivity index (χ1) is 8.68. The smallest absolute Gasteiger partial charge is 0.0591 e. The average molecular weight is 260 g/mol. The normalized spacial score (nSPS) is 14.7. The Morgan fingerprint density at radius 1 is 1.17 bits per heavy atom. The van der Waals surface area contributed by atoms with Crippen molar-refractivity contribution in [2.24, 2.45) is 5.73 Å². The van der Waals surface area contributed by atoms with Gasteiger partial charge in [0, 0.05) is 17.5 Å². The van der Waals surface area contributed by atoms with Crippen molar-refractivity contribution in [2.75, 3.05) is 7.05 Å². The number of hydrogen-bond acceptors (Lipinski definition) is 3. The van der Waals surface area contributed by atoms with Crippen LogP contribution in [0.15, 0.2) is 47.8 Å². The highest BCUT2D eigenvalue weighted by molar-refractivity contribution is 7.10. The molecule has 1 aromatic heterocycles. The number of nitrogens with two attached hydrogens (primary N) is 1. The van der Waals surface area contributed by atoms with Crippen LogP contribution < -0.4 is 5.73 Å². The largest absolute Gasteiger partial charge is 0.326 e. The minimum Gasteiger partial charge on any atom is -0.326 e. The second-order valence-corrected chi connectivity index (χ2v) is 5.70. The summed E-state index contributed by atoms with van der Waals surface area (Å²) in [6.45, 7) is 3.00. The molecule has 2 aromatic rings. The van der Waals surface area contributed by atoms with E-state index in [0.717, 1.165) is 6.54 Å². The van der Waals surface area contributed by atoms with Crippen LogP contribution in [-0.2, 0) is 6.54 Å². The molecule has 0 aliphatic carbocycles. The monoisotopic (exact) mass is 260 g/mol. The fourth-order valence-electron chi connectivity index (χ4n) is 2.31. The third-order valence-electron chi connectivity index (χ3n) is 3.08. The molecule has 0 saturated carbocycles. The molecule has 2 rings (SSSR count). The molecule has 0 fully saturated rings. The summed E-state index contributed by atoms with van der Waals surface area (Å²) in [5, 5.41) is 2.11. The van der Waals surface area contributed by atoms with Crippen LogP contribution in [-0.4, -0.2) is 18.0 Å². The zero-order valence-corrected chi connectivity index (χ0v) is 11.7. The maximum Gasteiger partial charge on any atom is 0.0591 e. The lowest BCUT2D eigenvalue weighted by molar-refractivity contribution is 0.214. The molecule has 0 aliphatic rings. The Balaban J connectivity index is 2.12.